The summed E-state index contributed by atoms with van der Waals surface area (Å²) in [5.74, 6) is -0.357. The van der Waals surface area contributed by atoms with Crippen LogP contribution in [0.1, 0.15) is 22.2 Å². The van der Waals surface area contributed by atoms with Crippen molar-refractivity contribution < 1.29 is 9.53 Å². The van der Waals surface area contributed by atoms with Gasteiger partial charge in [-0.25, -0.2) is 9.78 Å². The van der Waals surface area contributed by atoms with Crippen LogP contribution < -0.4 is 0 Å². The smallest absolute Gasteiger partial charge is 0.341 e. The van der Waals surface area contributed by atoms with Crippen molar-refractivity contribution in [3.63, 3.8) is 0 Å². The number of rotatable bonds is 3. The highest BCUT2D eigenvalue weighted by molar-refractivity contribution is 9.08. The van der Waals surface area contributed by atoms with Crippen molar-refractivity contribution in [2.24, 2.45) is 0 Å². The van der Waals surface area contributed by atoms with E-state index in [1.165, 1.54) is 17.5 Å². The lowest BCUT2D eigenvalue weighted by molar-refractivity contribution is 0.0528. The summed E-state index contributed by atoms with van der Waals surface area (Å²) in [7, 11) is 0. The average Bonchev–Trinajstić information content (AvgIpc) is 2.74. The molecule has 0 atom stereocenters. The van der Waals surface area contributed by atoms with E-state index in [0.717, 1.165) is 20.3 Å². The maximum Gasteiger partial charge on any atom is 0.341 e. The second-order valence-electron chi connectivity index (χ2n) is 3.27. The molecule has 0 saturated heterocycles. The summed E-state index contributed by atoms with van der Waals surface area (Å²) in [6, 6.07) is 1.94. The Bertz CT molecular complexity index is 570. The standard InChI is InChI=1S/C11H9BrClNO2S/c1-2-16-11(15)8-5-14-10(13)7-3-6(4-12)17-9(7)8/h3,5H,2,4H2,1H3. The van der Waals surface area contributed by atoms with Crippen LogP contribution in [0.2, 0.25) is 5.15 Å². The number of hydrogen-bond donors (Lipinski definition) is 0. The third-order valence-corrected chi connectivity index (χ3v) is 4.63. The molecule has 2 aromatic heterocycles. The Kier molecular flexibility index (Phi) is 4.01. The molecule has 0 unspecified atom stereocenters. The average molecular weight is 335 g/mol. The molecule has 2 rings (SSSR count). The summed E-state index contributed by atoms with van der Waals surface area (Å²) in [5, 5.41) is 1.94. The molecule has 0 aromatic carbocycles. The monoisotopic (exact) mass is 333 g/mol. The van der Waals surface area contributed by atoms with Crippen LogP contribution in [0.3, 0.4) is 0 Å². The maximum absolute atomic E-state index is 11.8. The van der Waals surface area contributed by atoms with E-state index in [9.17, 15) is 4.79 Å². The van der Waals surface area contributed by atoms with Crippen LogP contribution in [0.5, 0.6) is 0 Å². The van der Waals surface area contributed by atoms with Crippen LogP contribution in [0, 0.1) is 0 Å². The first-order valence-electron chi connectivity index (χ1n) is 4.97. The quantitative estimate of drug-likeness (QED) is 0.483. The molecule has 2 aromatic rings. The number of halogens is 2. The van der Waals surface area contributed by atoms with E-state index in [0.29, 0.717) is 17.3 Å². The zero-order valence-electron chi connectivity index (χ0n) is 9.00. The first-order chi connectivity index (χ1) is 8.17. The normalized spacial score (nSPS) is 10.8. The van der Waals surface area contributed by atoms with Crippen molar-refractivity contribution in [3.05, 3.63) is 27.9 Å². The first-order valence-corrected chi connectivity index (χ1v) is 7.29. The minimum Gasteiger partial charge on any atom is -0.462 e. The first kappa shape index (κ1) is 12.8. The van der Waals surface area contributed by atoms with E-state index in [1.807, 2.05) is 6.07 Å². The minimum absolute atomic E-state index is 0.347. The number of ether oxygens (including phenoxy) is 1. The van der Waals surface area contributed by atoms with E-state index >= 15 is 0 Å². The highest BCUT2D eigenvalue weighted by Gasteiger charge is 2.16. The molecule has 3 nitrogen and oxygen atoms in total. The van der Waals surface area contributed by atoms with Crippen molar-refractivity contribution in [3.8, 4) is 0 Å². The third-order valence-electron chi connectivity index (χ3n) is 2.18. The molecular weight excluding hydrogens is 326 g/mol. The van der Waals surface area contributed by atoms with E-state index in [1.54, 1.807) is 6.92 Å². The molecule has 0 aliphatic heterocycles. The van der Waals surface area contributed by atoms with Gasteiger partial charge >= 0.3 is 5.97 Å². The SMILES string of the molecule is CCOC(=O)c1cnc(Cl)c2cc(CBr)sc12. The third kappa shape index (κ3) is 2.46. The second-order valence-corrected chi connectivity index (χ2v) is 5.33. The van der Waals surface area contributed by atoms with Gasteiger partial charge in [-0.2, -0.15) is 0 Å². The largest absolute Gasteiger partial charge is 0.462 e. The fourth-order valence-corrected chi connectivity index (χ4v) is 3.23. The number of alkyl halides is 1. The number of thiophene rings is 1. The van der Waals surface area contributed by atoms with Gasteiger partial charge in [0.2, 0.25) is 0 Å². The molecule has 0 spiro atoms. The van der Waals surface area contributed by atoms with Crippen molar-refractivity contribution in [2.45, 2.75) is 12.3 Å². The van der Waals surface area contributed by atoms with Crippen LogP contribution in [-0.4, -0.2) is 17.6 Å². The summed E-state index contributed by atoms with van der Waals surface area (Å²) < 4.78 is 5.82. The van der Waals surface area contributed by atoms with Gasteiger partial charge in [-0.05, 0) is 13.0 Å². The number of carbonyl (C=O) groups excluding carboxylic acids is 1. The van der Waals surface area contributed by atoms with E-state index in [-0.39, 0.29) is 5.97 Å². The molecule has 0 aliphatic rings. The number of carbonyl (C=O) groups is 1. The highest BCUT2D eigenvalue weighted by Crippen LogP contribution is 2.33. The maximum atomic E-state index is 11.8. The van der Waals surface area contributed by atoms with Gasteiger partial charge in [0, 0.05) is 21.8 Å². The predicted octanol–water partition coefficient (Wildman–Crippen LogP) is 4.02. The zero-order valence-corrected chi connectivity index (χ0v) is 12.2. The Morgan fingerprint density at radius 3 is 3.06 bits per heavy atom. The summed E-state index contributed by atoms with van der Waals surface area (Å²) in [5.41, 5.74) is 0.475. The van der Waals surface area contributed by atoms with Gasteiger partial charge in [0.1, 0.15) is 5.15 Å². The Labute approximate surface area is 116 Å². The van der Waals surface area contributed by atoms with Crippen molar-refractivity contribution >= 4 is 54.9 Å². The van der Waals surface area contributed by atoms with Crippen molar-refractivity contribution in [1.29, 1.82) is 0 Å². The minimum atomic E-state index is -0.357. The Hall–Kier alpha value is -0.650. The van der Waals surface area contributed by atoms with Crippen molar-refractivity contribution in [2.75, 3.05) is 6.61 Å². The number of pyridine rings is 1. The Morgan fingerprint density at radius 2 is 2.41 bits per heavy atom. The summed E-state index contributed by atoms with van der Waals surface area (Å²) in [6.07, 6.45) is 1.47. The molecule has 6 heteroatoms. The van der Waals surface area contributed by atoms with Crippen LogP contribution in [0.15, 0.2) is 12.3 Å². The second kappa shape index (κ2) is 5.33. The van der Waals surface area contributed by atoms with Crippen LogP contribution in [0.25, 0.3) is 10.1 Å². The molecular formula is C11H9BrClNO2S. The molecule has 0 fully saturated rings. The molecule has 0 bridgehead atoms. The molecule has 0 N–H and O–H groups in total. The Morgan fingerprint density at radius 1 is 1.65 bits per heavy atom. The molecule has 0 saturated carbocycles. The Balaban J connectivity index is 2.60. The number of nitrogens with zero attached hydrogens (tertiary/aromatic N) is 1. The number of hydrogen-bond acceptors (Lipinski definition) is 4. The van der Waals surface area contributed by atoms with Gasteiger partial charge < -0.3 is 4.74 Å². The highest BCUT2D eigenvalue weighted by atomic mass is 79.9. The van der Waals surface area contributed by atoms with Gasteiger partial charge in [0.25, 0.3) is 0 Å². The molecule has 90 valence electrons. The topological polar surface area (TPSA) is 39.2 Å². The number of esters is 1. The van der Waals surface area contributed by atoms with Gasteiger partial charge in [-0.1, -0.05) is 27.5 Å². The fourth-order valence-electron chi connectivity index (χ4n) is 1.46. The van der Waals surface area contributed by atoms with E-state index in [2.05, 4.69) is 20.9 Å². The zero-order chi connectivity index (χ0) is 12.4. The van der Waals surface area contributed by atoms with E-state index in [4.69, 9.17) is 16.3 Å². The molecule has 0 aliphatic carbocycles. The summed E-state index contributed by atoms with van der Waals surface area (Å²) in [6.45, 7) is 2.12. The number of fused-ring (bicyclic) bond motifs is 1. The van der Waals surface area contributed by atoms with Crippen LogP contribution in [-0.2, 0) is 10.1 Å². The van der Waals surface area contributed by atoms with Gasteiger partial charge in [0.15, 0.2) is 0 Å². The predicted molar refractivity (Wildman–Crippen MR) is 73.2 cm³/mol. The van der Waals surface area contributed by atoms with Gasteiger partial charge in [-0.3, -0.25) is 0 Å². The van der Waals surface area contributed by atoms with Crippen LogP contribution in [0.4, 0.5) is 0 Å². The fraction of sp³-hybridized carbons (Fsp3) is 0.273. The number of aromatic nitrogens is 1. The summed E-state index contributed by atoms with van der Waals surface area (Å²) in [4.78, 5) is 16.9. The lowest BCUT2D eigenvalue weighted by Crippen LogP contribution is -2.05. The molecule has 0 radical (unpaired) electrons. The molecule has 17 heavy (non-hydrogen) atoms. The molecule has 2 heterocycles. The summed E-state index contributed by atoms with van der Waals surface area (Å²) >= 11 is 10.9. The van der Waals surface area contributed by atoms with Crippen LogP contribution >= 0.6 is 38.9 Å². The van der Waals surface area contributed by atoms with Crippen molar-refractivity contribution in [1.82, 2.24) is 4.98 Å². The lowest BCUT2D eigenvalue weighted by Gasteiger charge is -2.02. The van der Waals surface area contributed by atoms with E-state index < -0.39 is 0 Å². The van der Waals surface area contributed by atoms with Gasteiger partial charge in [0.05, 0.1) is 16.9 Å². The molecule has 0 amide bonds. The van der Waals surface area contributed by atoms with Gasteiger partial charge in [-0.15, -0.1) is 11.3 Å². The lowest BCUT2D eigenvalue weighted by atomic mass is 10.2.